The molecule has 1 aromatic carbocycles. The van der Waals surface area contributed by atoms with Crippen LogP contribution in [0.2, 0.25) is 0 Å². The lowest BCUT2D eigenvalue weighted by molar-refractivity contribution is 0.687. The first-order valence-electron chi connectivity index (χ1n) is 6.12. The Morgan fingerprint density at radius 1 is 1.28 bits per heavy atom. The van der Waals surface area contributed by atoms with E-state index in [4.69, 9.17) is 0 Å². The standard InChI is InChI=1S/C15H18BrNS/c1-10-8-12(16)4-5-13(10)15-7-6-14(18-15)11(2)9-17-3/h4-8,11,17H,9H2,1-3H3. The number of benzene rings is 1. The molecular formula is C15H18BrNS. The summed E-state index contributed by atoms with van der Waals surface area (Å²) in [4.78, 5) is 2.81. The smallest absolute Gasteiger partial charge is 0.0348 e. The minimum atomic E-state index is 0.574. The molecule has 3 heteroatoms. The molecule has 0 aliphatic heterocycles. The van der Waals surface area contributed by atoms with Crippen LogP contribution >= 0.6 is 27.3 Å². The summed E-state index contributed by atoms with van der Waals surface area (Å²) < 4.78 is 1.14. The summed E-state index contributed by atoms with van der Waals surface area (Å²) in [5.74, 6) is 0.574. The highest BCUT2D eigenvalue weighted by molar-refractivity contribution is 9.10. The highest BCUT2D eigenvalue weighted by Crippen LogP contribution is 2.34. The van der Waals surface area contributed by atoms with Crippen molar-refractivity contribution in [2.24, 2.45) is 0 Å². The summed E-state index contributed by atoms with van der Waals surface area (Å²) in [6.07, 6.45) is 0. The predicted molar refractivity (Wildman–Crippen MR) is 84.5 cm³/mol. The Labute approximate surface area is 121 Å². The molecule has 1 heterocycles. The molecule has 1 unspecified atom stereocenters. The third-order valence-corrected chi connectivity index (χ3v) is 4.92. The molecule has 0 aliphatic rings. The molecule has 96 valence electrons. The molecule has 0 bridgehead atoms. The molecule has 0 saturated heterocycles. The van der Waals surface area contributed by atoms with Crippen LogP contribution in [0.1, 0.15) is 23.3 Å². The van der Waals surface area contributed by atoms with Crippen LogP contribution in [0.15, 0.2) is 34.8 Å². The van der Waals surface area contributed by atoms with Crippen molar-refractivity contribution >= 4 is 27.3 Å². The number of rotatable bonds is 4. The van der Waals surface area contributed by atoms with Gasteiger partial charge in [-0.1, -0.05) is 28.9 Å². The van der Waals surface area contributed by atoms with Crippen molar-refractivity contribution in [3.8, 4) is 10.4 Å². The van der Waals surface area contributed by atoms with Gasteiger partial charge >= 0.3 is 0 Å². The fourth-order valence-corrected chi connectivity index (χ4v) is 3.70. The number of thiophene rings is 1. The van der Waals surface area contributed by atoms with E-state index < -0.39 is 0 Å². The van der Waals surface area contributed by atoms with Gasteiger partial charge in [0.1, 0.15) is 0 Å². The van der Waals surface area contributed by atoms with Gasteiger partial charge in [-0.15, -0.1) is 11.3 Å². The maximum Gasteiger partial charge on any atom is 0.0348 e. The molecule has 2 aromatic rings. The van der Waals surface area contributed by atoms with Crippen LogP contribution in [-0.4, -0.2) is 13.6 Å². The van der Waals surface area contributed by atoms with Crippen molar-refractivity contribution in [1.29, 1.82) is 0 Å². The maximum atomic E-state index is 3.51. The third kappa shape index (κ3) is 3.02. The van der Waals surface area contributed by atoms with Crippen LogP contribution in [0.25, 0.3) is 10.4 Å². The third-order valence-electron chi connectivity index (χ3n) is 3.08. The van der Waals surface area contributed by atoms with Gasteiger partial charge in [0, 0.05) is 26.7 Å². The van der Waals surface area contributed by atoms with E-state index in [0.29, 0.717) is 5.92 Å². The number of aryl methyl sites for hydroxylation is 1. The van der Waals surface area contributed by atoms with Crippen molar-refractivity contribution < 1.29 is 0 Å². The topological polar surface area (TPSA) is 12.0 Å². The molecule has 1 aromatic heterocycles. The quantitative estimate of drug-likeness (QED) is 0.851. The zero-order chi connectivity index (χ0) is 13.1. The van der Waals surface area contributed by atoms with E-state index in [-0.39, 0.29) is 0 Å². The van der Waals surface area contributed by atoms with Crippen LogP contribution in [0.3, 0.4) is 0 Å². The SMILES string of the molecule is CNCC(C)c1ccc(-c2ccc(Br)cc2C)s1. The maximum absolute atomic E-state index is 3.51. The van der Waals surface area contributed by atoms with E-state index in [0.717, 1.165) is 11.0 Å². The van der Waals surface area contributed by atoms with Gasteiger partial charge in [-0.2, -0.15) is 0 Å². The normalized spacial score (nSPS) is 12.7. The van der Waals surface area contributed by atoms with E-state index in [1.165, 1.54) is 20.9 Å². The molecule has 1 atom stereocenters. The average molecular weight is 324 g/mol. The van der Waals surface area contributed by atoms with E-state index in [9.17, 15) is 0 Å². The molecule has 0 fully saturated rings. The zero-order valence-corrected chi connectivity index (χ0v) is 13.4. The van der Waals surface area contributed by atoms with Gasteiger partial charge in [-0.3, -0.25) is 0 Å². The second kappa shape index (κ2) is 6.00. The molecule has 1 nitrogen and oxygen atoms in total. The van der Waals surface area contributed by atoms with Gasteiger partial charge in [-0.05, 0) is 49.4 Å². The molecule has 0 radical (unpaired) electrons. The second-order valence-electron chi connectivity index (χ2n) is 4.62. The largest absolute Gasteiger partial charge is 0.319 e. The molecule has 1 N–H and O–H groups in total. The molecular weight excluding hydrogens is 306 g/mol. The number of likely N-dealkylation sites (N-methyl/N-ethyl adjacent to an activating group) is 1. The van der Waals surface area contributed by atoms with Crippen molar-refractivity contribution in [2.45, 2.75) is 19.8 Å². The van der Waals surface area contributed by atoms with Gasteiger partial charge in [0.2, 0.25) is 0 Å². The molecule has 18 heavy (non-hydrogen) atoms. The van der Waals surface area contributed by atoms with Crippen molar-refractivity contribution in [3.05, 3.63) is 45.2 Å². The Balaban J connectivity index is 2.29. The number of halogens is 1. The van der Waals surface area contributed by atoms with Gasteiger partial charge in [-0.25, -0.2) is 0 Å². The zero-order valence-electron chi connectivity index (χ0n) is 11.0. The molecule has 0 spiro atoms. The van der Waals surface area contributed by atoms with E-state index >= 15 is 0 Å². The summed E-state index contributed by atoms with van der Waals surface area (Å²) in [6.45, 7) is 5.45. The van der Waals surface area contributed by atoms with Crippen LogP contribution < -0.4 is 5.32 Å². The van der Waals surface area contributed by atoms with Crippen molar-refractivity contribution in [1.82, 2.24) is 5.32 Å². The van der Waals surface area contributed by atoms with Crippen molar-refractivity contribution in [2.75, 3.05) is 13.6 Å². The second-order valence-corrected chi connectivity index (χ2v) is 6.65. The van der Waals surface area contributed by atoms with E-state index in [1.807, 2.05) is 18.4 Å². The van der Waals surface area contributed by atoms with Gasteiger partial charge in [0.15, 0.2) is 0 Å². The monoisotopic (exact) mass is 323 g/mol. The van der Waals surface area contributed by atoms with Gasteiger partial charge in [0.25, 0.3) is 0 Å². The number of hydrogen-bond acceptors (Lipinski definition) is 2. The first-order chi connectivity index (χ1) is 8.61. The highest BCUT2D eigenvalue weighted by atomic mass is 79.9. The fourth-order valence-electron chi connectivity index (χ4n) is 2.07. The Kier molecular flexibility index (Phi) is 4.60. The highest BCUT2D eigenvalue weighted by Gasteiger charge is 2.10. The Hall–Kier alpha value is -0.640. The van der Waals surface area contributed by atoms with Crippen LogP contribution in [0, 0.1) is 6.92 Å². The van der Waals surface area contributed by atoms with Crippen LogP contribution in [-0.2, 0) is 0 Å². The molecule has 2 rings (SSSR count). The Morgan fingerprint density at radius 3 is 2.72 bits per heavy atom. The number of hydrogen-bond donors (Lipinski definition) is 1. The predicted octanol–water partition coefficient (Wildman–Crippen LogP) is 4.81. The first kappa shape index (κ1) is 13.8. The summed E-state index contributed by atoms with van der Waals surface area (Å²) in [5.41, 5.74) is 2.66. The molecule has 0 saturated carbocycles. The summed E-state index contributed by atoms with van der Waals surface area (Å²) in [5, 5.41) is 3.23. The van der Waals surface area contributed by atoms with Crippen LogP contribution in [0.4, 0.5) is 0 Å². The Morgan fingerprint density at radius 2 is 2.06 bits per heavy atom. The van der Waals surface area contributed by atoms with E-state index in [2.05, 4.69) is 65.4 Å². The lowest BCUT2D eigenvalue weighted by Gasteiger charge is -2.07. The summed E-state index contributed by atoms with van der Waals surface area (Å²) in [7, 11) is 2.00. The minimum absolute atomic E-state index is 0.574. The number of nitrogens with one attached hydrogen (secondary N) is 1. The lowest BCUT2D eigenvalue weighted by atomic mass is 10.1. The van der Waals surface area contributed by atoms with E-state index in [1.54, 1.807) is 0 Å². The van der Waals surface area contributed by atoms with Crippen LogP contribution in [0.5, 0.6) is 0 Å². The summed E-state index contributed by atoms with van der Waals surface area (Å²) in [6, 6.07) is 11.0. The molecule has 0 amide bonds. The first-order valence-corrected chi connectivity index (χ1v) is 7.73. The van der Waals surface area contributed by atoms with Gasteiger partial charge < -0.3 is 5.32 Å². The fraction of sp³-hybridized carbons (Fsp3) is 0.333. The van der Waals surface area contributed by atoms with Gasteiger partial charge in [0.05, 0.1) is 0 Å². The van der Waals surface area contributed by atoms with Crippen molar-refractivity contribution in [3.63, 3.8) is 0 Å². The average Bonchev–Trinajstić information content (AvgIpc) is 2.78. The Bertz CT molecular complexity index is 533. The summed E-state index contributed by atoms with van der Waals surface area (Å²) >= 11 is 5.41. The molecule has 0 aliphatic carbocycles. The minimum Gasteiger partial charge on any atom is -0.319 e. The lowest BCUT2D eigenvalue weighted by Crippen LogP contribution is -2.13.